The van der Waals surface area contributed by atoms with E-state index in [1.165, 1.54) is 31.4 Å². The van der Waals surface area contributed by atoms with Gasteiger partial charge in [-0.1, -0.05) is 24.3 Å². The number of furan rings is 1. The minimum atomic E-state index is -3.68. The van der Waals surface area contributed by atoms with E-state index < -0.39 is 10.0 Å². The fourth-order valence-electron chi connectivity index (χ4n) is 3.03. The lowest BCUT2D eigenvalue weighted by molar-refractivity contribution is -0.117. The molecule has 8 nitrogen and oxygen atoms in total. The molecule has 2 aromatic carbocycles. The molecule has 172 valence electrons. The number of carbonyl (C=O) groups excluding carboxylic acids is 2. The molecule has 0 aliphatic heterocycles. The van der Waals surface area contributed by atoms with E-state index in [9.17, 15) is 18.0 Å². The molecule has 3 N–H and O–H groups in total. The molecule has 3 rings (SSSR count). The molecule has 0 aliphatic rings. The third kappa shape index (κ3) is 7.16. The highest BCUT2D eigenvalue weighted by atomic mass is 32.2. The molecule has 33 heavy (non-hydrogen) atoms. The molecule has 3 aromatic rings. The van der Waals surface area contributed by atoms with Crippen molar-refractivity contribution in [2.75, 3.05) is 5.32 Å². The number of amides is 2. The van der Waals surface area contributed by atoms with Crippen molar-refractivity contribution < 1.29 is 22.4 Å². The highest BCUT2D eigenvalue weighted by molar-refractivity contribution is 7.89. The van der Waals surface area contributed by atoms with Gasteiger partial charge in [-0.15, -0.1) is 0 Å². The van der Waals surface area contributed by atoms with Crippen molar-refractivity contribution in [1.82, 2.24) is 10.0 Å². The maximum atomic E-state index is 12.4. The second-order valence-electron chi connectivity index (χ2n) is 7.34. The predicted octanol–water partition coefficient (Wildman–Crippen LogP) is 3.61. The number of hydrogen-bond donors (Lipinski definition) is 3. The summed E-state index contributed by atoms with van der Waals surface area (Å²) in [6, 6.07) is 16.5. The summed E-state index contributed by atoms with van der Waals surface area (Å²) in [6.45, 7) is 3.33. The third-order valence-corrected chi connectivity index (χ3v) is 6.12. The summed E-state index contributed by atoms with van der Waals surface area (Å²) in [5, 5.41) is 5.57. The molecule has 0 bridgehead atoms. The van der Waals surface area contributed by atoms with Gasteiger partial charge in [0.15, 0.2) is 0 Å². The van der Waals surface area contributed by atoms with Crippen molar-refractivity contribution in [2.24, 2.45) is 0 Å². The van der Waals surface area contributed by atoms with Gasteiger partial charge in [0.2, 0.25) is 21.8 Å². The van der Waals surface area contributed by atoms with E-state index in [-0.39, 0.29) is 29.3 Å². The van der Waals surface area contributed by atoms with Crippen LogP contribution in [0.25, 0.3) is 6.08 Å². The van der Waals surface area contributed by atoms with Crippen LogP contribution in [-0.2, 0) is 26.2 Å². The first-order valence-electron chi connectivity index (χ1n) is 10.2. The van der Waals surface area contributed by atoms with Gasteiger partial charge in [-0.2, -0.15) is 0 Å². The summed E-state index contributed by atoms with van der Waals surface area (Å²) in [4.78, 5) is 23.6. The molecule has 0 saturated carbocycles. The first-order valence-corrected chi connectivity index (χ1v) is 11.7. The van der Waals surface area contributed by atoms with E-state index in [0.29, 0.717) is 17.0 Å². The second-order valence-corrected chi connectivity index (χ2v) is 9.11. The van der Waals surface area contributed by atoms with Crippen LogP contribution in [0.3, 0.4) is 0 Å². The van der Waals surface area contributed by atoms with Crippen LogP contribution in [0.5, 0.6) is 0 Å². The highest BCUT2D eigenvalue weighted by Gasteiger charge is 2.14. The van der Waals surface area contributed by atoms with Crippen molar-refractivity contribution in [3.05, 3.63) is 89.9 Å². The van der Waals surface area contributed by atoms with E-state index in [0.717, 1.165) is 5.56 Å². The molecule has 2 amide bonds. The number of sulfonamides is 1. The Morgan fingerprint density at radius 1 is 1.06 bits per heavy atom. The normalized spacial score (nSPS) is 12.4. The smallest absolute Gasteiger partial charge is 0.244 e. The molecule has 1 heterocycles. The maximum Gasteiger partial charge on any atom is 0.244 e. The fraction of sp³-hybridized carbons (Fsp3) is 0.167. The van der Waals surface area contributed by atoms with Gasteiger partial charge in [-0.25, -0.2) is 13.1 Å². The number of anilines is 1. The zero-order valence-electron chi connectivity index (χ0n) is 18.2. The Morgan fingerprint density at radius 3 is 2.48 bits per heavy atom. The molecule has 0 spiro atoms. The molecule has 0 aliphatic carbocycles. The average molecular weight is 468 g/mol. The van der Waals surface area contributed by atoms with Crippen LogP contribution in [0.15, 0.2) is 82.3 Å². The van der Waals surface area contributed by atoms with Gasteiger partial charge in [-0.3, -0.25) is 9.59 Å². The number of benzene rings is 2. The van der Waals surface area contributed by atoms with Gasteiger partial charge in [0.1, 0.15) is 5.76 Å². The van der Waals surface area contributed by atoms with Gasteiger partial charge in [0, 0.05) is 18.7 Å². The Hall–Kier alpha value is -3.69. The Bertz CT molecular complexity index is 1230. The van der Waals surface area contributed by atoms with Crippen LogP contribution in [0.4, 0.5) is 5.69 Å². The summed E-state index contributed by atoms with van der Waals surface area (Å²) < 4.78 is 32.4. The van der Waals surface area contributed by atoms with Gasteiger partial charge in [0.25, 0.3) is 0 Å². The van der Waals surface area contributed by atoms with E-state index in [1.807, 2.05) is 13.0 Å². The van der Waals surface area contributed by atoms with Gasteiger partial charge in [0.05, 0.1) is 23.7 Å². The second kappa shape index (κ2) is 10.8. The van der Waals surface area contributed by atoms with Crippen LogP contribution >= 0.6 is 0 Å². The maximum absolute atomic E-state index is 12.4. The minimum Gasteiger partial charge on any atom is -0.468 e. The molecule has 1 atom stereocenters. The standard InChI is InChI=1S/C24H25N3O5S/c1-17(20-5-3-6-21(15-20)27-18(2)28)26-24(29)13-10-19-8-11-23(12-9-19)33(30,31)25-16-22-7-4-14-32-22/h3-15,17,25H,16H2,1-2H3,(H,26,29)(H,27,28)/b13-10+. The van der Waals surface area contributed by atoms with Crippen molar-refractivity contribution >= 4 is 33.6 Å². The quantitative estimate of drug-likeness (QED) is 0.416. The fourth-order valence-corrected chi connectivity index (χ4v) is 4.02. The molecule has 0 fully saturated rings. The Kier molecular flexibility index (Phi) is 7.81. The topological polar surface area (TPSA) is 118 Å². The van der Waals surface area contributed by atoms with E-state index in [4.69, 9.17) is 4.42 Å². The molecule has 9 heteroatoms. The summed E-state index contributed by atoms with van der Waals surface area (Å²) in [5.74, 6) is 0.0448. The third-order valence-electron chi connectivity index (χ3n) is 4.70. The number of carbonyl (C=O) groups is 2. The van der Waals surface area contributed by atoms with Gasteiger partial charge < -0.3 is 15.1 Å². The lowest BCUT2D eigenvalue weighted by Gasteiger charge is -2.14. The van der Waals surface area contributed by atoms with Crippen LogP contribution in [0.1, 0.15) is 36.8 Å². The lowest BCUT2D eigenvalue weighted by Crippen LogP contribution is -2.24. The Balaban J connectivity index is 1.57. The Morgan fingerprint density at radius 2 is 1.82 bits per heavy atom. The van der Waals surface area contributed by atoms with Crippen LogP contribution < -0.4 is 15.4 Å². The minimum absolute atomic E-state index is 0.0586. The Labute approximate surface area is 192 Å². The van der Waals surface area contributed by atoms with E-state index in [1.54, 1.807) is 48.5 Å². The van der Waals surface area contributed by atoms with Crippen LogP contribution in [-0.4, -0.2) is 20.2 Å². The van der Waals surface area contributed by atoms with Crippen molar-refractivity contribution in [2.45, 2.75) is 31.3 Å². The predicted molar refractivity (Wildman–Crippen MR) is 126 cm³/mol. The SMILES string of the molecule is CC(=O)Nc1cccc(C(C)NC(=O)/C=C/c2ccc(S(=O)(=O)NCc3ccco3)cc2)c1. The largest absolute Gasteiger partial charge is 0.468 e. The molecule has 0 saturated heterocycles. The molecule has 0 radical (unpaired) electrons. The molecular weight excluding hydrogens is 442 g/mol. The summed E-state index contributed by atoms with van der Waals surface area (Å²) >= 11 is 0. The van der Waals surface area contributed by atoms with Gasteiger partial charge in [-0.05, 0) is 60.5 Å². The van der Waals surface area contributed by atoms with Gasteiger partial charge >= 0.3 is 0 Å². The molecule has 1 unspecified atom stereocenters. The van der Waals surface area contributed by atoms with Crippen LogP contribution in [0, 0.1) is 0 Å². The summed E-state index contributed by atoms with van der Waals surface area (Å²) in [7, 11) is -3.68. The zero-order chi connectivity index (χ0) is 23.8. The number of hydrogen-bond acceptors (Lipinski definition) is 5. The van der Waals surface area contributed by atoms with Crippen molar-refractivity contribution in [3.8, 4) is 0 Å². The van der Waals surface area contributed by atoms with E-state index >= 15 is 0 Å². The zero-order valence-corrected chi connectivity index (χ0v) is 19.1. The summed E-state index contributed by atoms with van der Waals surface area (Å²) in [5.41, 5.74) is 2.18. The lowest BCUT2D eigenvalue weighted by atomic mass is 10.1. The first kappa shape index (κ1) is 24.0. The van der Waals surface area contributed by atoms with Crippen LogP contribution in [0.2, 0.25) is 0 Å². The highest BCUT2D eigenvalue weighted by Crippen LogP contribution is 2.18. The van der Waals surface area contributed by atoms with E-state index in [2.05, 4.69) is 15.4 Å². The van der Waals surface area contributed by atoms with Crippen molar-refractivity contribution in [1.29, 1.82) is 0 Å². The molecule has 1 aromatic heterocycles. The summed E-state index contributed by atoms with van der Waals surface area (Å²) in [6.07, 6.45) is 4.46. The monoisotopic (exact) mass is 467 g/mol. The number of nitrogens with one attached hydrogen (secondary N) is 3. The number of rotatable bonds is 9. The van der Waals surface area contributed by atoms with Crippen molar-refractivity contribution in [3.63, 3.8) is 0 Å². The first-order chi connectivity index (χ1) is 15.7. The average Bonchev–Trinajstić information content (AvgIpc) is 3.30. The molecular formula is C24H25N3O5S.